The number of sulfonamides is 1. The van der Waals surface area contributed by atoms with Gasteiger partial charge in [-0.15, -0.1) is 0 Å². The first-order valence-corrected chi connectivity index (χ1v) is 15.3. The first kappa shape index (κ1) is 30.8. The molecule has 0 heterocycles. The van der Waals surface area contributed by atoms with Crippen LogP contribution in [0.2, 0.25) is 0 Å². The molecule has 1 atom stereocenters. The number of nitrogens with one attached hydrogen (secondary N) is 1. The van der Waals surface area contributed by atoms with Crippen molar-refractivity contribution in [2.24, 2.45) is 0 Å². The Morgan fingerprint density at radius 3 is 2.30 bits per heavy atom. The summed E-state index contributed by atoms with van der Waals surface area (Å²) in [6.45, 7) is 5.31. The summed E-state index contributed by atoms with van der Waals surface area (Å²) in [5.41, 5.74) is 2.95. The van der Waals surface area contributed by atoms with Crippen LogP contribution in [0.1, 0.15) is 42.0 Å². The maximum Gasteiger partial charge on any atom is 0.244 e. The van der Waals surface area contributed by atoms with Crippen molar-refractivity contribution in [2.45, 2.75) is 52.6 Å². The number of aryl methyl sites for hydroxylation is 2. The minimum Gasteiger partial charge on any atom is -0.354 e. The fraction of sp³-hybridized carbons (Fsp3) is 0.355. The van der Waals surface area contributed by atoms with Crippen molar-refractivity contribution in [1.82, 2.24) is 10.2 Å². The number of benzene rings is 3. The average Bonchev–Trinajstić information content (AvgIpc) is 2.91. The SMILES string of the molecule is CCCCNC(=O)[C@H](Cc1ccccc1)N(Cc1ccccc1F)C(=O)CN(c1cc(C)ccc1C)S(C)(=O)=O. The molecule has 0 unspecified atom stereocenters. The van der Waals surface area contributed by atoms with Crippen LogP contribution >= 0.6 is 0 Å². The van der Waals surface area contributed by atoms with E-state index in [9.17, 15) is 22.4 Å². The van der Waals surface area contributed by atoms with E-state index >= 15 is 0 Å². The lowest BCUT2D eigenvalue weighted by Gasteiger charge is -2.34. The van der Waals surface area contributed by atoms with Crippen LogP contribution in [0, 0.1) is 19.7 Å². The Kier molecular flexibility index (Phi) is 10.8. The van der Waals surface area contributed by atoms with Gasteiger partial charge >= 0.3 is 0 Å². The third-order valence-corrected chi connectivity index (χ3v) is 7.84. The number of anilines is 1. The summed E-state index contributed by atoms with van der Waals surface area (Å²) in [6, 6.07) is 19.7. The number of rotatable bonds is 13. The minimum atomic E-state index is -3.88. The number of hydrogen-bond donors (Lipinski definition) is 1. The van der Waals surface area contributed by atoms with Crippen LogP contribution in [0.25, 0.3) is 0 Å². The summed E-state index contributed by atoms with van der Waals surface area (Å²) in [6.07, 6.45) is 2.86. The molecule has 3 aromatic rings. The summed E-state index contributed by atoms with van der Waals surface area (Å²) >= 11 is 0. The van der Waals surface area contributed by atoms with Gasteiger partial charge in [0.25, 0.3) is 0 Å². The summed E-state index contributed by atoms with van der Waals surface area (Å²) in [5, 5.41) is 2.91. The van der Waals surface area contributed by atoms with Crippen LogP contribution < -0.4 is 9.62 Å². The smallest absolute Gasteiger partial charge is 0.244 e. The molecule has 0 aliphatic carbocycles. The van der Waals surface area contributed by atoms with E-state index in [1.807, 2.05) is 50.2 Å². The molecule has 0 bridgehead atoms. The molecule has 0 fully saturated rings. The number of nitrogens with zero attached hydrogens (tertiary/aromatic N) is 2. The Labute approximate surface area is 237 Å². The lowest BCUT2D eigenvalue weighted by atomic mass is 10.0. The Morgan fingerprint density at radius 1 is 0.975 bits per heavy atom. The molecule has 0 saturated heterocycles. The average molecular weight is 568 g/mol. The molecule has 1 N–H and O–H groups in total. The number of carbonyl (C=O) groups is 2. The van der Waals surface area contributed by atoms with Gasteiger partial charge < -0.3 is 10.2 Å². The van der Waals surface area contributed by atoms with E-state index in [0.717, 1.165) is 34.5 Å². The van der Waals surface area contributed by atoms with Crippen LogP contribution in [-0.2, 0) is 32.6 Å². The highest BCUT2D eigenvalue weighted by atomic mass is 32.2. The van der Waals surface area contributed by atoms with Crippen LogP contribution in [0.5, 0.6) is 0 Å². The van der Waals surface area contributed by atoms with Crippen LogP contribution in [0.4, 0.5) is 10.1 Å². The monoisotopic (exact) mass is 567 g/mol. The summed E-state index contributed by atoms with van der Waals surface area (Å²) in [7, 11) is -3.88. The summed E-state index contributed by atoms with van der Waals surface area (Å²) < 4.78 is 41.8. The van der Waals surface area contributed by atoms with Crippen molar-refractivity contribution < 1.29 is 22.4 Å². The molecule has 3 aromatic carbocycles. The van der Waals surface area contributed by atoms with Crippen LogP contribution in [-0.4, -0.2) is 50.5 Å². The van der Waals surface area contributed by atoms with Gasteiger partial charge in [0, 0.05) is 25.1 Å². The van der Waals surface area contributed by atoms with Crippen molar-refractivity contribution in [3.8, 4) is 0 Å². The van der Waals surface area contributed by atoms with Gasteiger partial charge in [0.1, 0.15) is 18.4 Å². The molecule has 2 amide bonds. The largest absolute Gasteiger partial charge is 0.354 e. The van der Waals surface area contributed by atoms with E-state index in [4.69, 9.17) is 0 Å². The van der Waals surface area contributed by atoms with Gasteiger partial charge in [0.05, 0.1) is 11.9 Å². The van der Waals surface area contributed by atoms with Crippen molar-refractivity contribution in [3.05, 3.63) is 101 Å². The number of halogens is 1. The molecule has 0 spiro atoms. The zero-order valence-electron chi connectivity index (χ0n) is 23.6. The van der Waals surface area contributed by atoms with Gasteiger partial charge in [0.15, 0.2) is 0 Å². The maximum absolute atomic E-state index is 14.8. The molecule has 0 aliphatic heterocycles. The Bertz CT molecular complexity index is 1410. The Balaban J connectivity index is 2.07. The van der Waals surface area contributed by atoms with Gasteiger partial charge in [-0.3, -0.25) is 13.9 Å². The fourth-order valence-electron chi connectivity index (χ4n) is 4.45. The first-order chi connectivity index (χ1) is 19.0. The number of amides is 2. The zero-order chi connectivity index (χ0) is 29.3. The molecular formula is C31H38FN3O4S. The van der Waals surface area contributed by atoms with Crippen molar-refractivity contribution in [3.63, 3.8) is 0 Å². The van der Waals surface area contributed by atoms with Gasteiger partial charge in [-0.05, 0) is 49.1 Å². The number of unbranched alkanes of at least 4 members (excludes halogenated alkanes) is 1. The summed E-state index contributed by atoms with van der Waals surface area (Å²) in [5.74, 6) is -1.50. The van der Waals surface area contributed by atoms with E-state index in [1.165, 1.54) is 11.0 Å². The molecule has 3 rings (SSSR count). The molecule has 40 heavy (non-hydrogen) atoms. The van der Waals surface area contributed by atoms with Crippen molar-refractivity contribution in [2.75, 3.05) is 23.7 Å². The Morgan fingerprint density at radius 2 is 1.65 bits per heavy atom. The molecule has 7 nitrogen and oxygen atoms in total. The predicted octanol–water partition coefficient (Wildman–Crippen LogP) is 4.76. The molecule has 0 aromatic heterocycles. The van der Waals surface area contributed by atoms with Gasteiger partial charge in [-0.2, -0.15) is 0 Å². The van der Waals surface area contributed by atoms with E-state index in [0.29, 0.717) is 17.8 Å². The highest BCUT2D eigenvalue weighted by molar-refractivity contribution is 7.92. The summed E-state index contributed by atoms with van der Waals surface area (Å²) in [4.78, 5) is 28.9. The quantitative estimate of drug-likeness (QED) is 0.302. The minimum absolute atomic E-state index is 0.182. The maximum atomic E-state index is 14.8. The molecule has 0 aliphatic rings. The topological polar surface area (TPSA) is 86.8 Å². The van der Waals surface area contributed by atoms with E-state index in [2.05, 4.69) is 5.32 Å². The molecule has 0 saturated carbocycles. The highest BCUT2D eigenvalue weighted by Gasteiger charge is 2.33. The van der Waals surface area contributed by atoms with Crippen molar-refractivity contribution >= 4 is 27.5 Å². The first-order valence-electron chi connectivity index (χ1n) is 13.4. The van der Waals surface area contributed by atoms with E-state index in [1.54, 1.807) is 37.3 Å². The lowest BCUT2D eigenvalue weighted by molar-refractivity contribution is -0.140. The second kappa shape index (κ2) is 14.1. The lowest BCUT2D eigenvalue weighted by Crippen LogP contribution is -2.53. The van der Waals surface area contributed by atoms with Gasteiger partial charge in [-0.25, -0.2) is 12.8 Å². The van der Waals surface area contributed by atoms with Crippen molar-refractivity contribution in [1.29, 1.82) is 0 Å². The normalized spacial score (nSPS) is 12.0. The highest BCUT2D eigenvalue weighted by Crippen LogP contribution is 2.25. The van der Waals surface area contributed by atoms with E-state index < -0.39 is 34.3 Å². The van der Waals surface area contributed by atoms with Gasteiger partial charge in [-0.1, -0.05) is 74.0 Å². The third-order valence-electron chi connectivity index (χ3n) is 6.71. The molecule has 214 valence electrons. The van der Waals surface area contributed by atoms with Gasteiger partial charge in [0.2, 0.25) is 21.8 Å². The standard InChI is InChI=1S/C31H38FN3O4S/c1-5-6-18-33-31(37)29(20-25-12-8-7-9-13-25)34(21-26-14-10-11-15-27(26)32)30(36)22-35(40(4,38)39)28-19-23(2)16-17-24(28)3/h7-17,19,29H,5-6,18,20-22H2,1-4H3,(H,33,37)/t29-/m0/s1. The number of hydrogen-bond acceptors (Lipinski definition) is 4. The van der Waals surface area contributed by atoms with Crippen LogP contribution in [0.3, 0.4) is 0 Å². The number of carbonyl (C=O) groups excluding carboxylic acids is 2. The van der Waals surface area contributed by atoms with E-state index in [-0.39, 0.29) is 24.4 Å². The Hall–Kier alpha value is -3.72. The second-order valence-corrected chi connectivity index (χ2v) is 11.9. The molecule has 9 heteroatoms. The van der Waals surface area contributed by atoms with Crippen LogP contribution in [0.15, 0.2) is 72.8 Å². The fourth-order valence-corrected chi connectivity index (χ4v) is 5.35. The zero-order valence-corrected chi connectivity index (χ0v) is 24.4. The second-order valence-electron chi connectivity index (χ2n) is 10.0. The predicted molar refractivity (Wildman–Crippen MR) is 157 cm³/mol. The third kappa shape index (κ3) is 8.39. The molecule has 0 radical (unpaired) electrons. The molecular weight excluding hydrogens is 529 g/mol.